The summed E-state index contributed by atoms with van der Waals surface area (Å²) in [4.78, 5) is 0. The lowest BCUT2D eigenvalue weighted by Gasteiger charge is -2.36. The van der Waals surface area contributed by atoms with Gasteiger partial charge in [-0.1, -0.05) is 31.4 Å². The number of nitrogens with one attached hydrogen (secondary N) is 1. The number of hydrogen-bond donors (Lipinski definition) is 2. The Bertz CT molecular complexity index is 441. The maximum atomic E-state index is 13.6. The van der Waals surface area contributed by atoms with Gasteiger partial charge in [0.1, 0.15) is 5.82 Å². The van der Waals surface area contributed by atoms with Crippen molar-refractivity contribution in [1.29, 1.82) is 0 Å². The SMILES string of the molecule is Cc1ccc(C(C)NCC2(CO)CCCCC2)cc1F. The van der Waals surface area contributed by atoms with Gasteiger partial charge in [0.25, 0.3) is 0 Å². The third-order valence-corrected chi connectivity index (χ3v) is 4.73. The Hall–Kier alpha value is -0.930. The van der Waals surface area contributed by atoms with E-state index in [-0.39, 0.29) is 23.9 Å². The van der Waals surface area contributed by atoms with E-state index in [9.17, 15) is 9.50 Å². The molecule has 1 atom stereocenters. The van der Waals surface area contributed by atoms with Crippen LogP contribution in [0.25, 0.3) is 0 Å². The third kappa shape index (κ3) is 3.58. The van der Waals surface area contributed by atoms with E-state index < -0.39 is 0 Å². The van der Waals surface area contributed by atoms with Crippen LogP contribution in [-0.4, -0.2) is 18.3 Å². The Kier molecular flexibility index (Phi) is 5.17. The molecule has 1 saturated carbocycles. The summed E-state index contributed by atoms with van der Waals surface area (Å²) < 4.78 is 13.6. The van der Waals surface area contributed by atoms with Crippen LogP contribution >= 0.6 is 0 Å². The highest BCUT2D eigenvalue weighted by Crippen LogP contribution is 2.35. The monoisotopic (exact) mass is 279 g/mol. The van der Waals surface area contributed by atoms with Crippen molar-refractivity contribution < 1.29 is 9.50 Å². The molecule has 0 aromatic heterocycles. The molecule has 0 bridgehead atoms. The highest BCUT2D eigenvalue weighted by molar-refractivity contribution is 5.25. The predicted octanol–water partition coefficient (Wildman–Crippen LogP) is 3.73. The molecule has 0 spiro atoms. The predicted molar refractivity (Wildman–Crippen MR) is 80.2 cm³/mol. The van der Waals surface area contributed by atoms with Crippen LogP contribution in [-0.2, 0) is 0 Å². The number of hydrogen-bond acceptors (Lipinski definition) is 2. The van der Waals surface area contributed by atoms with E-state index in [2.05, 4.69) is 12.2 Å². The van der Waals surface area contributed by atoms with E-state index in [0.29, 0.717) is 5.56 Å². The number of benzene rings is 1. The van der Waals surface area contributed by atoms with Gasteiger partial charge in [-0.2, -0.15) is 0 Å². The van der Waals surface area contributed by atoms with E-state index in [0.717, 1.165) is 24.9 Å². The van der Waals surface area contributed by atoms with Gasteiger partial charge in [0, 0.05) is 24.6 Å². The first-order valence-corrected chi connectivity index (χ1v) is 7.67. The van der Waals surface area contributed by atoms with Crippen LogP contribution in [0.15, 0.2) is 18.2 Å². The summed E-state index contributed by atoms with van der Waals surface area (Å²) in [6.07, 6.45) is 5.86. The van der Waals surface area contributed by atoms with Crippen LogP contribution in [0.2, 0.25) is 0 Å². The summed E-state index contributed by atoms with van der Waals surface area (Å²) in [6.45, 7) is 4.88. The fourth-order valence-corrected chi connectivity index (χ4v) is 3.06. The number of rotatable bonds is 5. The Morgan fingerprint density at radius 2 is 2.00 bits per heavy atom. The molecule has 2 nitrogen and oxygen atoms in total. The average molecular weight is 279 g/mol. The smallest absolute Gasteiger partial charge is 0.126 e. The van der Waals surface area contributed by atoms with E-state index in [1.165, 1.54) is 19.3 Å². The largest absolute Gasteiger partial charge is 0.396 e. The second kappa shape index (κ2) is 6.68. The van der Waals surface area contributed by atoms with Gasteiger partial charge in [0.05, 0.1) is 0 Å². The molecular weight excluding hydrogens is 253 g/mol. The van der Waals surface area contributed by atoms with Crippen LogP contribution in [0.1, 0.15) is 56.2 Å². The lowest BCUT2D eigenvalue weighted by atomic mass is 9.74. The second-order valence-electron chi connectivity index (χ2n) is 6.33. The molecule has 0 amide bonds. The van der Waals surface area contributed by atoms with E-state index in [4.69, 9.17) is 0 Å². The quantitative estimate of drug-likeness (QED) is 0.861. The van der Waals surface area contributed by atoms with Gasteiger partial charge in [0.15, 0.2) is 0 Å². The third-order valence-electron chi connectivity index (χ3n) is 4.73. The molecule has 1 aliphatic rings. The van der Waals surface area contributed by atoms with Crippen molar-refractivity contribution in [2.24, 2.45) is 5.41 Å². The summed E-state index contributed by atoms with van der Waals surface area (Å²) >= 11 is 0. The molecule has 0 aliphatic heterocycles. The fourth-order valence-electron chi connectivity index (χ4n) is 3.06. The summed E-state index contributed by atoms with van der Waals surface area (Å²) in [5.74, 6) is -0.148. The molecule has 0 saturated heterocycles. The molecule has 1 aromatic rings. The van der Waals surface area contributed by atoms with Crippen LogP contribution in [0.4, 0.5) is 4.39 Å². The summed E-state index contributed by atoms with van der Waals surface area (Å²) in [5.41, 5.74) is 1.67. The fraction of sp³-hybridized carbons (Fsp3) is 0.647. The van der Waals surface area contributed by atoms with Crippen LogP contribution in [0.5, 0.6) is 0 Å². The Labute approximate surface area is 121 Å². The highest BCUT2D eigenvalue weighted by Gasteiger charge is 2.31. The summed E-state index contributed by atoms with van der Waals surface area (Å²) in [5, 5.41) is 13.2. The van der Waals surface area contributed by atoms with Gasteiger partial charge >= 0.3 is 0 Å². The van der Waals surface area contributed by atoms with Crippen molar-refractivity contribution in [2.45, 2.75) is 52.0 Å². The molecule has 1 aliphatic carbocycles. The maximum absolute atomic E-state index is 13.6. The standard InChI is InChI=1S/C17H26FNO/c1-13-6-7-15(10-16(13)18)14(2)19-11-17(12-20)8-4-3-5-9-17/h6-7,10,14,19-20H,3-5,8-9,11-12H2,1-2H3. The molecule has 1 unspecified atom stereocenters. The van der Waals surface area contributed by atoms with E-state index in [1.807, 2.05) is 12.1 Å². The number of aliphatic hydroxyl groups excluding tert-OH is 1. The first-order chi connectivity index (χ1) is 9.56. The normalized spacial score (nSPS) is 19.8. The van der Waals surface area contributed by atoms with Crippen molar-refractivity contribution in [3.05, 3.63) is 35.1 Å². The first-order valence-electron chi connectivity index (χ1n) is 7.67. The minimum atomic E-state index is -0.148. The zero-order valence-electron chi connectivity index (χ0n) is 12.6. The zero-order valence-corrected chi connectivity index (χ0v) is 12.6. The van der Waals surface area contributed by atoms with Gasteiger partial charge in [-0.25, -0.2) is 4.39 Å². The van der Waals surface area contributed by atoms with E-state index in [1.54, 1.807) is 13.0 Å². The van der Waals surface area contributed by atoms with Gasteiger partial charge in [0.2, 0.25) is 0 Å². The molecular formula is C17H26FNO. The highest BCUT2D eigenvalue weighted by atomic mass is 19.1. The lowest BCUT2D eigenvalue weighted by Crippen LogP contribution is -2.40. The van der Waals surface area contributed by atoms with Crippen LogP contribution < -0.4 is 5.32 Å². The van der Waals surface area contributed by atoms with Gasteiger partial charge < -0.3 is 10.4 Å². The van der Waals surface area contributed by atoms with Crippen LogP contribution in [0.3, 0.4) is 0 Å². The molecule has 0 radical (unpaired) electrons. The molecule has 3 heteroatoms. The van der Waals surface area contributed by atoms with E-state index >= 15 is 0 Å². The van der Waals surface area contributed by atoms with Crippen molar-refractivity contribution in [2.75, 3.05) is 13.2 Å². The Morgan fingerprint density at radius 1 is 1.30 bits per heavy atom. The average Bonchev–Trinajstić information content (AvgIpc) is 2.48. The van der Waals surface area contributed by atoms with Crippen LogP contribution in [0, 0.1) is 18.2 Å². The molecule has 2 N–H and O–H groups in total. The molecule has 112 valence electrons. The first kappa shape index (κ1) is 15.5. The number of aryl methyl sites for hydroxylation is 1. The second-order valence-corrected chi connectivity index (χ2v) is 6.33. The Balaban J connectivity index is 1.96. The Morgan fingerprint density at radius 3 is 2.60 bits per heavy atom. The van der Waals surface area contributed by atoms with Gasteiger partial charge in [-0.05, 0) is 43.9 Å². The molecule has 1 aromatic carbocycles. The molecule has 0 heterocycles. The summed E-state index contributed by atoms with van der Waals surface area (Å²) in [7, 11) is 0. The topological polar surface area (TPSA) is 32.3 Å². The minimum Gasteiger partial charge on any atom is -0.396 e. The van der Waals surface area contributed by atoms with Gasteiger partial charge in [-0.15, -0.1) is 0 Å². The lowest BCUT2D eigenvalue weighted by molar-refractivity contribution is 0.0788. The maximum Gasteiger partial charge on any atom is 0.126 e. The van der Waals surface area contributed by atoms with Gasteiger partial charge in [-0.3, -0.25) is 0 Å². The molecule has 20 heavy (non-hydrogen) atoms. The number of halogens is 1. The minimum absolute atomic E-state index is 0.0236. The molecule has 2 rings (SSSR count). The van der Waals surface area contributed by atoms with Crippen molar-refractivity contribution in [1.82, 2.24) is 5.32 Å². The summed E-state index contributed by atoms with van der Waals surface area (Å²) in [6, 6.07) is 5.52. The molecule has 1 fully saturated rings. The van der Waals surface area contributed by atoms with Crippen molar-refractivity contribution in [3.8, 4) is 0 Å². The zero-order chi connectivity index (χ0) is 14.6. The van der Waals surface area contributed by atoms with Crippen molar-refractivity contribution >= 4 is 0 Å². The number of aliphatic hydroxyl groups is 1. The van der Waals surface area contributed by atoms with Crippen molar-refractivity contribution in [3.63, 3.8) is 0 Å².